The van der Waals surface area contributed by atoms with Crippen molar-refractivity contribution in [2.75, 3.05) is 6.61 Å². The summed E-state index contributed by atoms with van der Waals surface area (Å²) in [5.74, 6) is -0.176. The van der Waals surface area contributed by atoms with Gasteiger partial charge >= 0.3 is 6.18 Å². The molecule has 0 aliphatic rings. The Morgan fingerprint density at radius 1 is 1.26 bits per heavy atom. The van der Waals surface area contributed by atoms with Crippen LogP contribution in [-0.4, -0.2) is 16.6 Å². The van der Waals surface area contributed by atoms with Gasteiger partial charge in [0.2, 0.25) is 5.88 Å². The molecule has 7 heteroatoms. The number of aromatic nitrogens is 2. The Morgan fingerprint density at radius 2 is 1.84 bits per heavy atom. The van der Waals surface area contributed by atoms with E-state index in [1.165, 1.54) is 0 Å². The highest BCUT2D eigenvalue weighted by Crippen LogP contribution is 2.33. The third-order valence-electron chi connectivity index (χ3n) is 2.51. The number of alkyl halides is 3. The highest BCUT2D eigenvalue weighted by molar-refractivity contribution is 5.20. The predicted molar refractivity (Wildman–Crippen MR) is 64.6 cm³/mol. The topological polar surface area (TPSA) is 61.0 Å². The first-order chi connectivity index (χ1) is 8.55. The van der Waals surface area contributed by atoms with E-state index in [1.54, 1.807) is 6.92 Å². The summed E-state index contributed by atoms with van der Waals surface area (Å²) in [6.45, 7) is 7.31. The van der Waals surface area contributed by atoms with Gasteiger partial charge in [-0.2, -0.15) is 18.2 Å². The second kappa shape index (κ2) is 5.32. The van der Waals surface area contributed by atoms with Crippen molar-refractivity contribution in [2.24, 2.45) is 11.1 Å². The molecule has 0 radical (unpaired) electrons. The molecule has 4 nitrogen and oxygen atoms in total. The maximum Gasteiger partial charge on any atom is 0.433 e. The van der Waals surface area contributed by atoms with Gasteiger partial charge in [-0.1, -0.05) is 20.8 Å². The fourth-order valence-electron chi connectivity index (χ4n) is 1.34. The third kappa shape index (κ3) is 4.05. The van der Waals surface area contributed by atoms with Crippen LogP contribution >= 0.6 is 0 Å². The molecule has 0 aromatic carbocycles. The van der Waals surface area contributed by atoms with Crippen LogP contribution in [0.25, 0.3) is 0 Å². The Balaban J connectivity index is 3.28. The SMILES string of the molecule is CCOc1cc(C(F)(F)F)nc(C(N)C(C)(C)C)n1. The molecule has 0 fully saturated rings. The lowest BCUT2D eigenvalue weighted by atomic mass is 9.87. The largest absolute Gasteiger partial charge is 0.478 e. The molecule has 0 spiro atoms. The summed E-state index contributed by atoms with van der Waals surface area (Å²) in [6.07, 6.45) is -4.55. The van der Waals surface area contributed by atoms with Crippen molar-refractivity contribution in [1.29, 1.82) is 0 Å². The smallest absolute Gasteiger partial charge is 0.433 e. The lowest BCUT2D eigenvalue weighted by Gasteiger charge is -2.26. The van der Waals surface area contributed by atoms with Gasteiger partial charge in [-0.05, 0) is 12.3 Å². The summed E-state index contributed by atoms with van der Waals surface area (Å²) in [6, 6.07) is 0.0663. The summed E-state index contributed by atoms with van der Waals surface area (Å²) in [4.78, 5) is 7.46. The van der Waals surface area contributed by atoms with E-state index in [1.807, 2.05) is 20.8 Å². The van der Waals surface area contributed by atoms with Crippen LogP contribution in [0.3, 0.4) is 0 Å². The van der Waals surface area contributed by atoms with Gasteiger partial charge < -0.3 is 10.5 Å². The van der Waals surface area contributed by atoms with Crippen molar-refractivity contribution in [1.82, 2.24) is 9.97 Å². The van der Waals surface area contributed by atoms with E-state index in [-0.39, 0.29) is 18.3 Å². The zero-order chi connectivity index (χ0) is 14.8. The molecule has 0 amide bonds. The molecular formula is C12H18F3N3O. The summed E-state index contributed by atoms with van der Waals surface area (Å²) in [5.41, 5.74) is 4.41. The van der Waals surface area contributed by atoms with Gasteiger partial charge in [0.05, 0.1) is 12.6 Å². The molecular weight excluding hydrogens is 259 g/mol. The van der Waals surface area contributed by atoms with E-state index in [2.05, 4.69) is 9.97 Å². The summed E-state index contributed by atoms with van der Waals surface area (Å²) < 4.78 is 43.3. The molecule has 2 N–H and O–H groups in total. The van der Waals surface area contributed by atoms with Crippen molar-refractivity contribution < 1.29 is 17.9 Å². The van der Waals surface area contributed by atoms with Crippen molar-refractivity contribution in [3.63, 3.8) is 0 Å². The molecule has 1 aromatic rings. The maximum atomic E-state index is 12.8. The number of nitrogens with zero attached hydrogens (tertiary/aromatic N) is 2. The molecule has 0 saturated carbocycles. The van der Waals surface area contributed by atoms with E-state index < -0.39 is 23.3 Å². The quantitative estimate of drug-likeness (QED) is 0.922. The number of hydrogen-bond acceptors (Lipinski definition) is 4. The van der Waals surface area contributed by atoms with E-state index >= 15 is 0 Å². The van der Waals surface area contributed by atoms with E-state index in [4.69, 9.17) is 10.5 Å². The van der Waals surface area contributed by atoms with Crippen molar-refractivity contribution in [3.05, 3.63) is 17.6 Å². The number of halogens is 3. The predicted octanol–water partition coefficient (Wildman–Crippen LogP) is 2.94. The molecule has 0 saturated heterocycles. The van der Waals surface area contributed by atoms with Gasteiger partial charge in [-0.3, -0.25) is 0 Å². The lowest BCUT2D eigenvalue weighted by Crippen LogP contribution is -2.29. The lowest BCUT2D eigenvalue weighted by molar-refractivity contribution is -0.141. The van der Waals surface area contributed by atoms with Gasteiger partial charge in [-0.25, -0.2) is 4.98 Å². The number of ether oxygens (including phenoxy) is 1. The Kier molecular flexibility index (Phi) is 4.39. The van der Waals surface area contributed by atoms with Crippen LogP contribution in [0.2, 0.25) is 0 Å². The first-order valence-corrected chi connectivity index (χ1v) is 5.90. The van der Waals surface area contributed by atoms with Crippen molar-refractivity contribution in [2.45, 2.75) is 39.9 Å². The fourth-order valence-corrected chi connectivity index (χ4v) is 1.34. The summed E-state index contributed by atoms with van der Waals surface area (Å²) in [5, 5.41) is 0. The van der Waals surface area contributed by atoms with Crippen molar-refractivity contribution in [3.8, 4) is 5.88 Å². The van der Waals surface area contributed by atoms with Crippen LogP contribution < -0.4 is 10.5 Å². The van der Waals surface area contributed by atoms with Crippen LogP contribution in [0.1, 0.15) is 45.3 Å². The molecule has 1 aromatic heterocycles. The first-order valence-electron chi connectivity index (χ1n) is 5.90. The molecule has 0 bridgehead atoms. The molecule has 19 heavy (non-hydrogen) atoms. The number of hydrogen-bond donors (Lipinski definition) is 1. The third-order valence-corrected chi connectivity index (χ3v) is 2.51. The maximum absolute atomic E-state index is 12.8. The van der Waals surface area contributed by atoms with Crippen LogP contribution in [0.5, 0.6) is 5.88 Å². The number of rotatable bonds is 3. The van der Waals surface area contributed by atoms with E-state index in [0.717, 1.165) is 6.07 Å². The summed E-state index contributed by atoms with van der Waals surface area (Å²) in [7, 11) is 0. The highest BCUT2D eigenvalue weighted by Gasteiger charge is 2.35. The van der Waals surface area contributed by atoms with Gasteiger partial charge in [0.25, 0.3) is 0 Å². The second-order valence-electron chi connectivity index (χ2n) is 5.22. The zero-order valence-corrected chi connectivity index (χ0v) is 11.4. The Labute approximate surface area is 110 Å². The fraction of sp³-hybridized carbons (Fsp3) is 0.667. The van der Waals surface area contributed by atoms with Gasteiger partial charge in [0.1, 0.15) is 5.82 Å². The normalized spacial score (nSPS) is 14.3. The van der Waals surface area contributed by atoms with Crippen LogP contribution in [0, 0.1) is 5.41 Å². The molecule has 1 rings (SSSR count). The molecule has 1 unspecified atom stereocenters. The molecule has 108 valence electrons. The second-order valence-corrected chi connectivity index (χ2v) is 5.22. The molecule has 0 aliphatic heterocycles. The number of nitrogens with two attached hydrogens (primary N) is 1. The molecule has 1 atom stereocenters. The Morgan fingerprint density at radius 3 is 2.26 bits per heavy atom. The Hall–Kier alpha value is -1.37. The average Bonchev–Trinajstić information content (AvgIpc) is 2.25. The molecule has 0 aliphatic carbocycles. The van der Waals surface area contributed by atoms with Crippen LogP contribution in [0.4, 0.5) is 13.2 Å². The van der Waals surface area contributed by atoms with Gasteiger partial charge in [0.15, 0.2) is 5.69 Å². The summed E-state index contributed by atoms with van der Waals surface area (Å²) >= 11 is 0. The first kappa shape index (κ1) is 15.7. The minimum Gasteiger partial charge on any atom is -0.478 e. The standard InChI is InChI=1S/C12H18F3N3O/c1-5-19-8-6-7(12(13,14)15)17-10(18-8)9(16)11(2,3)4/h6,9H,5,16H2,1-4H3. The van der Waals surface area contributed by atoms with E-state index in [9.17, 15) is 13.2 Å². The van der Waals surface area contributed by atoms with Gasteiger partial charge in [-0.15, -0.1) is 0 Å². The van der Waals surface area contributed by atoms with Crippen LogP contribution in [-0.2, 0) is 6.18 Å². The molecule has 1 heterocycles. The average molecular weight is 277 g/mol. The van der Waals surface area contributed by atoms with Crippen molar-refractivity contribution >= 4 is 0 Å². The minimum absolute atomic E-state index is 0.0641. The Bertz CT molecular complexity index is 441. The monoisotopic (exact) mass is 277 g/mol. The minimum atomic E-state index is -4.55. The van der Waals surface area contributed by atoms with E-state index in [0.29, 0.717) is 0 Å². The highest BCUT2D eigenvalue weighted by atomic mass is 19.4. The van der Waals surface area contributed by atoms with Crippen LogP contribution in [0.15, 0.2) is 6.07 Å². The zero-order valence-electron chi connectivity index (χ0n) is 11.4. The van der Waals surface area contributed by atoms with Gasteiger partial charge in [0, 0.05) is 6.07 Å².